The number of nitrogens with zero attached hydrogens (tertiary/aromatic N) is 5. The maximum atomic E-state index is 15.2. The third kappa shape index (κ3) is 5.50. The molecule has 2 atom stereocenters. The van der Waals surface area contributed by atoms with Crippen molar-refractivity contribution in [2.45, 2.75) is 56.9 Å². The lowest BCUT2D eigenvalue weighted by Crippen LogP contribution is -2.60. The molecule has 38 heavy (non-hydrogen) atoms. The van der Waals surface area contributed by atoms with Crippen LogP contribution in [0.5, 0.6) is 5.75 Å². The molecule has 3 aromatic rings. The van der Waals surface area contributed by atoms with E-state index in [-0.39, 0.29) is 28.4 Å². The van der Waals surface area contributed by atoms with Gasteiger partial charge in [-0.3, -0.25) is 10.00 Å². The number of halogens is 7. The van der Waals surface area contributed by atoms with Crippen molar-refractivity contribution in [3.8, 4) is 5.75 Å². The Bertz CT molecular complexity index is 1290. The average molecular weight is 549 g/mol. The van der Waals surface area contributed by atoms with Gasteiger partial charge in [-0.2, -0.15) is 31.4 Å². The zero-order valence-electron chi connectivity index (χ0n) is 19.7. The van der Waals surface area contributed by atoms with Crippen LogP contribution < -0.4 is 10.1 Å². The summed E-state index contributed by atoms with van der Waals surface area (Å²) < 4.78 is 103. The maximum absolute atomic E-state index is 15.2. The monoisotopic (exact) mass is 549 g/mol. The number of hydrogen-bond donors (Lipinski definition) is 3. The molecule has 16 heteroatoms. The predicted molar refractivity (Wildman–Crippen MR) is 118 cm³/mol. The molecular weight excluding hydrogens is 527 g/mol. The molecule has 1 aromatic carbocycles. The van der Waals surface area contributed by atoms with Crippen molar-refractivity contribution in [1.29, 1.82) is 0 Å². The fourth-order valence-electron chi connectivity index (χ4n) is 4.26. The molecule has 4 rings (SSSR count). The number of H-pyrrole nitrogens is 1. The zero-order chi connectivity index (χ0) is 27.7. The van der Waals surface area contributed by atoms with Gasteiger partial charge in [-0.25, -0.2) is 9.49 Å². The van der Waals surface area contributed by atoms with E-state index in [0.29, 0.717) is 12.6 Å². The fourth-order valence-corrected chi connectivity index (χ4v) is 4.26. The molecule has 3 heterocycles. The van der Waals surface area contributed by atoms with Gasteiger partial charge in [0.2, 0.25) is 0 Å². The number of benzene rings is 1. The van der Waals surface area contributed by atoms with Crippen LogP contribution in [0.1, 0.15) is 43.3 Å². The van der Waals surface area contributed by atoms with Gasteiger partial charge in [-0.1, -0.05) is 6.07 Å². The number of aromatic amines is 1. The van der Waals surface area contributed by atoms with Gasteiger partial charge < -0.3 is 9.84 Å². The van der Waals surface area contributed by atoms with Crippen LogP contribution in [0.15, 0.2) is 30.5 Å². The number of aliphatic hydroxyl groups excluding tert-OH is 1. The van der Waals surface area contributed by atoms with Gasteiger partial charge in [0, 0.05) is 42.8 Å². The first kappa shape index (κ1) is 27.5. The Balaban J connectivity index is 1.74. The molecule has 1 aliphatic rings. The molecule has 0 fully saturated rings. The number of hydrogen-bond acceptors (Lipinski definition) is 7. The first-order valence-corrected chi connectivity index (χ1v) is 11.4. The van der Waals surface area contributed by atoms with Crippen molar-refractivity contribution in [2.24, 2.45) is 0 Å². The Hall–Kier alpha value is -3.53. The normalized spacial score (nSPS) is 20.7. The molecule has 3 N–H and O–H groups in total. The average Bonchev–Trinajstić information content (AvgIpc) is 3.52. The molecular formula is C22H22F7N7O2. The minimum Gasteiger partial charge on any atom is -0.493 e. The first-order chi connectivity index (χ1) is 17.8. The molecule has 9 nitrogen and oxygen atoms in total. The van der Waals surface area contributed by atoms with Crippen molar-refractivity contribution in [1.82, 2.24) is 35.7 Å². The van der Waals surface area contributed by atoms with Gasteiger partial charge in [0.15, 0.2) is 5.82 Å². The lowest BCUT2D eigenvalue weighted by molar-refractivity contribution is -0.208. The molecule has 0 saturated carbocycles. The van der Waals surface area contributed by atoms with E-state index in [1.165, 1.54) is 16.9 Å². The van der Waals surface area contributed by atoms with E-state index in [9.17, 15) is 31.4 Å². The number of aromatic nitrogens is 6. The van der Waals surface area contributed by atoms with Crippen LogP contribution in [0.4, 0.5) is 30.7 Å². The molecule has 206 valence electrons. The largest absolute Gasteiger partial charge is 0.493 e. The smallest absolute Gasteiger partial charge is 0.411 e. The Morgan fingerprint density at radius 3 is 2.53 bits per heavy atom. The van der Waals surface area contributed by atoms with E-state index in [0.717, 1.165) is 12.1 Å². The Labute approximate surface area is 210 Å². The minimum absolute atomic E-state index is 0.0776. The lowest BCUT2D eigenvalue weighted by atomic mass is 9.76. The second-order valence-electron chi connectivity index (χ2n) is 8.53. The third-order valence-corrected chi connectivity index (χ3v) is 6.06. The number of nitrogens with one attached hydrogen (secondary N) is 2. The van der Waals surface area contributed by atoms with Crippen LogP contribution in [0, 0.1) is 5.82 Å². The summed E-state index contributed by atoms with van der Waals surface area (Å²) in [7, 11) is 0. The molecule has 0 aliphatic carbocycles. The van der Waals surface area contributed by atoms with Gasteiger partial charge in [0.1, 0.15) is 23.3 Å². The highest BCUT2D eigenvalue weighted by Crippen LogP contribution is 2.51. The van der Waals surface area contributed by atoms with Gasteiger partial charge in [-0.05, 0) is 41.5 Å². The SMILES string of the molecule is CCn1ccc(C2=C(c3nnn[nH]3)C(O)N[C@@](c3ccc(OCCCC(F)(F)F)cc3F)(C(F)(F)F)C2)n1. The summed E-state index contributed by atoms with van der Waals surface area (Å²) in [5.74, 6) is -1.68. The van der Waals surface area contributed by atoms with Gasteiger partial charge in [0.25, 0.3) is 0 Å². The summed E-state index contributed by atoms with van der Waals surface area (Å²) in [6, 6.07) is 3.97. The predicted octanol–water partition coefficient (Wildman–Crippen LogP) is 3.96. The van der Waals surface area contributed by atoms with Crippen molar-refractivity contribution in [3.05, 3.63) is 53.4 Å². The number of alkyl halides is 6. The van der Waals surface area contributed by atoms with Crippen molar-refractivity contribution in [3.63, 3.8) is 0 Å². The molecule has 0 saturated heterocycles. The summed E-state index contributed by atoms with van der Waals surface area (Å²) in [4.78, 5) is 0. The highest BCUT2D eigenvalue weighted by molar-refractivity contribution is 5.91. The summed E-state index contributed by atoms with van der Waals surface area (Å²) in [5.41, 5.74) is -4.05. The van der Waals surface area contributed by atoms with E-state index >= 15 is 4.39 Å². The Morgan fingerprint density at radius 2 is 1.95 bits per heavy atom. The molecule has 2 aromatic heterocycles. The van der Waals surface area contributed by atoms with Gasteiger partial charge in [0.05, 0.1) is 12.3 Å². The van der Waals surface area contributed by atoms with Crippen LogP contribution >= 0.6 is 0 Å². The second kappa shape index (κ2) is 10.3. The molecule has 1 aliphatic heterocycles. The van der Waals surface area contributed by atoms with Crippen molar-refractivity contribution >= 4 is 11.1 Å². The molecule has 0 amide bonds. The number of aryl methyl sites for hydroxylation is 1. The van der Waals surface area contributed by atoms with Crippen molar-refractivity contribution in [2.75, 3.05) is 6.61 Å². The van der Waals surface area contributed by atoms with Crippen LogP contribution in [-0.4, -0.2) is 60.7 Å². The molecule has 1 unspecified atom stereocenters. The molecule has 0 radical (unpaired) electrons. The van der Waals surface area contributed by atoms with E-state index < -0.39 is 61.4 Å². The van der Waals surface area contributed by atoms with Crippen LogP contribution in [-0.2, 0) is 12.1 Å². The van der Waals surface area contributed by atoms with Gasteiger partial charge in [-0.15, -0.1) is 5.10 Å². The Morgan fingerprint density at radius 1 is 1.18 bits per heavy atom. The van der Waals surface area contributed by atoms with Crippen LogP contribution in [0.25, 0.3) is 11.1 Å². The summed E-state index contributed by atoms with van der Waals surface area (Å²) in [6.07, 6.45) is -12.4. The van der Waals surface area contributed by atoms with Crippen molar-refractivity contribution < 1.29 is 40.6 Å². The lowest BCUT2D eigenvalue weighted by Gasteiger charge is -2.43. The highest BCUT2D eigenvalue weighted by Gasteiger charge is 2.60. The van der Waals surface area contributed by atoms with Crippen LogP contribution in [0.3, 0.4) is 0 Å². The summed E-state index contributed by atoms with van der Waals surface area (Å²) in [6.45, 7) is 1.77. The number of aliphatic hydroxyl groups is 1. The van der Waals surface area contributed by atoms with E-state index in [1.54, 1.807) is 6.92 Å². The topological polar surface area (TPSA) is 114 Å². The summed E-state index contributed by atoms with van der Waals surface area (Å²) in [5, 5.41) is 30.2. The minimum atomic E-state index is -5.13. The third-order valence-electron chi connectivity index (χ3n) is 6.06. The van der Waals surface area contributed by atoms with Crippen LogP contribution in [0.2, 0.25) is 0 Å². The molecule has 0 spiro atoms. The maximum Gasteiger partial charge on any atom is 0.411 e. The number of ether oxygens (including phenoxy) is 1. The van der Waals surface area contributed by atoms with Gasteiger partial charge >= 0.3 is 12.4 Å². The first-order valence-electron chi connectivity index (χ1n) is 11.4. The fraction of sp³-hybridized carbons (Fsp3) is 0.455. The number of tetrazole rings is 1. The summed E-state index contributed by atoms with van der Waals surface area (Å²) >= 11 is 0. The Kier molecular flexibility index (Phi) is 7.47. The highest BCUT2D eigenvalue weighted by atomic mass is 19.4. The standard InChI is InChI=1S/C22H22F7N7O2/c1-2-36-8-6-16(33-36)13-11-20(22(27,28)29,30-19(37)17(13)18-31-34-35-32-18)14-5-4-12(10-15(14)23)38-9-3-7-21(24,25)26/h4-6,8,10,19,30,37H,2-3,7,9,11H2,1H3,(H,31,32,34,35)/t19?,20-/m0/s1. The zero-order valence-corrected chi connectivity index (χ0v) is 19.7. The van der Waals surface area contributed by atoms with E-state index in [1.807, 2.05) is 0 Å². The second-order valence-corrected chi connectivity index (χ2v) is 8.53. The van der Waals surface area contributed by atoms with E-state index in [2.05, 4.69) is 31.0 Å². The molecule has 0 bridgehead atoms. The number of rotatable bonds is 8. The quantitative estimate of drug-likeness (QED) is 0.288. The van der Waals surface area contributed by atoms with E-state index in [4.69, 9.17) is 4.74 Å².